The second-order valence-corrected chi connectivity index (χ2v) is 3.99. The fourth-order valence-electron chi connectivity index (χ4n) is 1.24. The van der Waals surface area contributed by atoms with Crippen LogP contribution in [-0.4, -0.2) is 19.5 Å². The molecule has 0 saturated heterocycles. The maximum absolute atomic E-state index is 10.5. The summed E-state index contributed by atoms with van der Waals surface area (Å²) >= 11 is 3.40. The molecule has 76 valence electrons. The number of rotatable bonds is 5. The molecule has 0 spiro atoms. The maximum Gasteiger partial charge on any atom is 0.148 e. The van der Waals surface area contributed by atoms with Gasteiger partial charge in [-0.15, -0.1) is 0 Å². The summed E-state index contributed by atoms with van der Waals surface area (Å²) in [6.45, 7) is 0. The minimum Gasteiger partial charge on any atom is -0.374 e. The molecule has 3 heteroatoms. The quantitative estimate of drug-likeness (QED) is 0.758. The number of benzene rings is 1. The molecule has 0 amide bonds. The maximum atomic E-state index is 10.5. The predicted octanol–water partition coefficient (Wildman–Crippen LogP) is 2.60. The Morgan fingerprint density at radius 1 is 1.57 bits per heavy atom. The minimum absolute atomic E-state index is 0.283. The lowest BCUT2D eigenvalue weighted by molar-refractivity contribution is -0.116. The van der Waals surface area contributed by atoms with Crippen LogP contribution < -0.4 is 0 Å². The fraction of sp³-hybridized carbons (Fsp3) is 0.364. The molecule has 0 radical (unpaired) electrons. The standard InChI is InChI=1S/C11H13BrO2/c1-14-11(8-13)6-5-9-3-2-4-10(12)7-9/h2-4,7-8,11H,5-6H2,1H3. The first kappa shape index (κ1) is 11.4. The number of carbonyl (C=O) groups is 1. The van der Waals surface area contributed by atoms with Gasteiger partial charge in [-0.2, -0.15) is 0 Å². The van der Waals surface area contributed by atoms with E-state index < -0.39 is 0 Å². The topological polar surface area (TPSA) is 26.3 Å². The first-order chi connectivity index (χ1) is 6.76. The molecule has 1 rings (SSSR count). The van der Waals surface area contributed by atoms with Crippen molar-refractivity contribution in [3.05, 3.63) is 34.3 Å². The van der Waals surface area contributed by atoms with Crippen molar-refractivity contribution in [3.8, 4) is 0 Å². The molecule has 14 heavy (non-hydrogen) atoms. The Balaban J connectivity index is 2.48. The third-order valence-corrected chi connectivity index (χ3v) is 2.55. The summed E-state index contributed by atoms with van der Waals surface area (Å²) in [5, 5.41) is 0. The van der Waals surface area contributed by atoms with E-state index in [-0.39, 0.29) is 6.10 Å². The highest BCUT2D eigenvalue weighted by Gasteiger charge is 2.05. The van der Waals surface area contributed by atoms with Gasteiger partial charge in [0.05, 0.1) is 0 Å². The third-order valence-electron chi connectivity index (χ3n) is 2.06. The summed E-state index contributed by atoms with van der Waals surface area (Å²) in [6, 6.07) is 8.07. The molecule has 1 aromatic carbocycles. The van der Waals surface area contributed by atoms with Crippen molar-refractivity contribution in [2.24, 2.45) is 0 Å². The third kappa shape index (κ3) is 3.60. The predicted molar refractivity (Wildman–Crippen MR) is 59.3 cm³/mol. The van der Waals surface area contributed by atoms with E-state index in [0.29, 0.717) is 0 Å². The summed E-state index contributed by atoms with van der Waals surface area (Å²) in [6.07, 6.45) is 2.15. The molecule has 2 nitrogen and oxygen atoms in total. The van der Waals surface area contributed by atoms with Gasteiger partial charge in [0.15, 0.2) is 0 Å². The zero-order valence-corrected chi connectivity index (χ0v) is 9.66. The smallest absolute Gasteiger partial charge is 0.148 e. The Kier molecular flexibility index (Phi) is 4.84. The zero-order valence-electron chi connectivity index (χ0n) is 8.07. The van der Waals surface area contributed by atoms with Crippen LogP contribution in [0.1, 0.15) is 12.0 Å². The Morgan fingerprint density at radius 3 is 2.93 bits per heavy atom. The van der Waals surface area contributed by atoms with Crippen LogP contribution in [0.25, 0.3) is 0 Å². The molecule has 1 unspecified atom stereocenters. The van der Waals surface area contributed by atoms with Gasteiger partial charge in [0, 0.05) is 11.6 Å². The van der Waals surface area contributed by atoms with Crippen molar-refractivity contribution in [2.45, 2.75) is 18.9 Å². The molecule has 0 aliphatic heterocycles. The second-order valence-electron chi connectivity index (χ2n) is 3.08. The molecular formula is C11H13BrO2. The molecule has 0 bridgehead atoms. The summed E-state index contributed by atoms with van der Waals surface area (Å²) < 4.78 is 6.04. The average molecular weight is 257 g/mol. The molecule has 0 aliphatic rings. The van der Waals surface area contributed by atoms with E-state index >= 15 is 0 Å². The number of ether oxygens (including phenoxy) is 1. The van der Waals surface area contributed by atoms with Gasteiger partial charge in [0.1, 0.15) is 12.4 Å². The largest absolute Gasteiger partial charge is 0.374 e. The van der Waals surface area contributed by atoms with Crippen LogP contribution in [0.5, 0.6) is 0 Å². The molecule has 0 heterocycles. The zero-order chi connectivity index (χ0) is 10.4. The Hall–Kier alpha value is -0.670. The summed E-state index contributed by atoms with van der Waals surface area (Å²) in [5.41, 5.74) is 1.21. The monoisotopic (exact) mass is 256 g/mol. The van der Waals surface area contributed by atoms with Gasteiger partial charge >= 0.3 is 0 Å². The van der Waals surface area contributed by atoms with Crippen LogP contribution in [0.3, 0.4) is 0 Å². The van der Waals surface area contributed by atoms with Crippen molar-refractivity contribution >= 4 is 22.2 Å². The number of aryl methyl sites for hydroxylation is 1. The molecule has 1 atom stereocenters. The summed E-state index contributed by atoms with van der Waals surface area (Å²) in [7, 11) is 1.56. The van der Waals surface area contributed by atoms with Crippen molar-refractivity contribution < 1.29 is 9.53 Å². The van der Waals surface area contributed by atoms with Gasteiger partial charge in [0.2, 0.25) is 0 Å². The van der Waals surface area contributed by atoms with E-state index in [1.54, 1.807) is 7.11 Å². The van der Waals surface area contributed by atoms with Gasteiger partial charge in [-0.25, -0.2) is 0 Å². The van der Waals surface area contributed by atoms with Gasteiger partial charge in [-0.05, 0) is 30.5 Å². The van der Waals surface area contributed by atoms with Crippen LogP contribution in [0.15, 0.2) is 28.7 Å². The highest BCUT2D eigenvalue weighted by atomic mass is 79.9. The average Bonchev–Trinajstić information content (AvgIpc) is 2.19. The van der Waals surface area contributed by atoms with E-state index in [2.05, 4.69) is 22.0 Å². The van der Waals surface area contributed by atoms with Crippen molar-refractivity contribution in [2.75, 3.05) is 7.11 Å². The van der Waals surface area contributed by atoms with E-state index in [1.165, 1.54) is 5.56 Å². The van der Waals surface area contributed by atoms with Crippen LogP contribution in [0, 0.1) is 0 Å². The first-order valence-corrected chi connectivity index (χ1v) is 5.28. The van der Waals surface area contributed by atoms with Crippen LogP contribution in [0.2, 0.25) is 0 Å². The molecule has 0 aromatic heterocycles. The minimum atomic E-state index is -0.283. The number of halogens is 1. The fourth-order valence-corrected chi connectivity index (χ4v) is 1.69. The van der Waals surface area contributed by atoms with Crippen molar-refractivity contribution in [1.82, 2.24) is 0 Å². The molecule has 0 N–H and O–H groups in total. The number of methoxy groups -OCH3 is 1. The molecular weight excluding hydrogens is 244 g/mol. The van der Waals surface area contributed by atoms with E-state index in [9.17, 15) is 4.79 Å². The first-order valence-electron chi connectivity index (χ1n) is 4.49. The van der Waals surface area contributed by atoms with E-state index in [4.69, 9.17) is 4.74 Å². The van der Waals surface area contributed by atoms with E-state index in [0.717, 1.165) is 23.6 Å². The lowest BCUT2D eigenvalue weighted by Gasteiger charge is -2.07. The number of carbonyl (C=O) groups excluding carboxylic acids is 1. The van der Waals surface area contributed by atoms with Gasteiger partial charge < -0.3 is 9.53 Å². The number of aldehydes is 1. The lowest BCUT2D eigenvalue weighted by Crippen LogP contribution is -2.12. The van der Waals surface area contributed by atoms with Gasteiger partial charge in [-0.3, -0.25) is 0 Å². The van der Waals surface area contributed by atoms with Gasteiger partial charge in [0.25, 0.3) is 0 Å². The Labute approximate surface area is 92.4 Å². The molecule has 0 saturated carbocycles. The highest BCUT2D eigenvalue weighted by Crippen LogP contribution is 2.13. The lowest BCUT2D eigenvalue weighted by atomic mass is 10.1. The number of hydrogen-bond donors (Lipinski definition) is 0. The highest BCUT2D eigenvalue weighted by molar-refractivity contribution is 9.10. The van der Waals surface area contributed by atoms with E-state index in [1.807, 2.05) is 18.2 Å². The van der Waals surface area contributed by atoms with Crippen molar-refractivity contribution in [3.63, 3.8) is 0 Å². The van der Waals surface area contributed by atoms with Crippen molar-refractivity contribution in [1.29, 1.82) is 0 Å². The van der Waals surface area contributed by atoms with Gasteiger partial charge in [-0.1, -0.05) is 28.1 Å². The van der Waals surface area contributed by atoms with Crippen LogP contribution >= 0.6 is 15.9 Å². The molecule has 0 fully saturated rings. The summed E-state index contributed by atoms with van der Waals surface area (Å²) in [5.74, 6) is 0. The molecule has 1 aromatic rings. The SMILES string of the molecule is COC(C=O)CCc1cccc(Br)c1. The normalized spacial score (nSPS) is 12.4. The van der Waals surface area contributed by atoms with Crippen LogP contribution in [-0.2, 0) is 16.0 Å². The second kappa shape index (κ2) is 5.94. The Morgan fingerprint density at radius 2 is 2.36 bits per heavy atom. The molecule has 0 aliphatic carbocycles. The Bertz CT molecular complexity index is 299. The number of hydrogen-bond acceptors (Lipinski definition) is 2. The summed E-state index contributed by atoms with van der Waals surface area (Å²) in [4.78, 5) is 10.5. The van der Waals surface area contributed by atoms with Crippen LogP contribution in [0.4, 0.5) is 0 Å².